The molecule has 0 aromatic carbocycles. The van der Waals surface area contributed by atoms with Crippen molar-refractivity contribution >= 4 is 49.2 Å². The van der Waals surface area contributed by atoms with Crippen LogP contribution in [0.2, 0.25) is 0 Å². The van der Waals surface area contributed by atoms with E-state index in [4.69, 9.17) is 14.7 Å². The Morgan fingerprint density at radius 2 is 2.25 bits per heavy atom. The molecule has 7 heteroatoms. The third-order valence-corrected chi connectivity index (χ3v) is 4.81. The van der Waals surface area contributed by atoms with E-state index in [0.717, 1.165) is 3.79 Å². The lowest BCUT2D eigenvalue weighted by molar-refractivity contribution is -0.145. The van der Waals surface area contributed by atoms with E-state index in [1.165, 1.54) is 11.3 Å². The first-order valence-corrected chi connectivity index (χ1v) is 6.66. The van der Waals surface area contributed by atoms with Crippen molar-refractivity contribution in [1.82, 2.24) is 0 Å². The molecule has 0 amide bonds. The topological polar surface area (TPSA) is 59.3 Å². The molecule has 1 aromatic heterocycles. The van der Waals surface area contributed by atoms with Gasteiger partial charge in [-0.1, -0.05) is 0 Å². The highest BCUT2D eigenvalue weighted by Crippen LogP contribution is 2.42. The summed E-state index contributed by atoms with van der Waals surface area (Å²) in [6.45, 7) is 1.82. The van der Waals surface area contributed by atoms with E-state index in [2.05, 4.69) is 31.9 Å². The number of carbonyl (C=O) groups excluding carboxylic acids is 1. The second kappa shape index (κ2) is 6.23. The maximum Gasteiger partial charge on any atom is 0.344 e. The van der Waals surface area contributed by atoms with Gasteiger partial charge in [0.1, 0.15) is 10.9 Å². The number of hydrogen-bond acceptors (Lipinski definition) is 5. The van der Waals surface area contributed by atoms with Crippen LogP contribution in [0.4, 0.5) is 0 Å². The minimum Gasteiger partial charge on any atom is -0.478 e. The highest BCUT2D eigenvalue weighted by atomic mass is 79.9. The minimum absolute atomic E-state index is 0.204. The molecule has 1 aromatic rings. The molecule has 0 fully saturated rings. The van der Waals surface area contributed by atoms with Crippen LogP contribution in [0, 0.1) is 11.3 Å². The first-order valence-electron chi connectivity index (χ1n) is 4.26. The maximum absolute atomic E-state index is 11.1. The number of halogens is 2. The third kappa shape index (κ3) is 3.20. The normalized spacial score (nSPS) is 9.62. The molecular formula is C9H7Br2NO3S. The summed E-state index contributed by atoms with van der Waals surface area (Å²) in [6.07, 6.45) is 0. The maximum atomic E-state index is 11.1. The molecule has 86 valence electrons. The second-order valence-electron chi connectivity index (χ2n) is 2.55. The van der Waals surface area contributed by atoms with Gasteiger partial charge in [-0.25, -0.2) is 4.79 Å². The summed E-state index contributed by atoms with van der Waals surface area (Å²) in [4.78, 5) is 11.5. The fraction of sp³-hybridized carbons (Fsp3) is 0.333. The van der Waals surface area contributed by atoms with Crippen molar-refractivity contribution in [2.45, 2.75) is 6.92 Å². The number of thiophene rings is 1. The molecule has 0 aliphatic heterocycles. The third-order valence-electron chi connectivity index (χ3n) is 1.51. The average Bonchev–Trinajstić information content (AvgIpc) is 2.53. The fourth-order valence-corrected chi connectivity index (χ4v) is 2.92. The van der Waals surface area contributed by atoms with Gasteiger partial charge in [-0.05, 0) is 38.8 Å². The highest BCUT2D eigenvalue weighted by molar-refractivity contribution is 9.13. The van der Waals surface area contributed by atoms with Crippen molar-refractivity contribution in [1.29, 1.82) is 5.26 Å². The molecule has 0 saturated heterocycles. The van der Waals surface area contributed by atoms with Crippen molar-refractivity contribution in [2.75, 3.05) is 13.2 Å². The van der Waals surface area contributed by atoms with Crippen LogP contribution in [0.15, 0.2) is 8.26 Å². The molecule has 1 heterocycles. The van der Waals surface area contributed by atoms with Gasteiger partial charge in [-0.15, -0.1) is 11.3 Å². The van der Waals surface area contributed by atoms with Gasteiger partial charge in [0.05, 0.1) is 14.9 Å². The molecule has 0 unspecified atom stereocenters. The lowest BCUT2D eigenvalue weighted by Gasteiger charge is -2.04. The summed E-state index contributed by atoms with van der Waals surface area (Å²) in [6, 6.07) is 1.99. The second-order valence-corrected chi connectivity index (χ2v) is 5.69. The first-order chi connectivity index (χ1) is 7.60. The Labute approximate surface area is 113 Å². The molecule has 0 spiro atoms. The predicted molar refractivity (Wildman–Crippen MR) is 66.6 cm³/mol. The van der Waals surface area contributed by atoms with Gasteiger partial charge >= 0.3 is 5.97 Å². The highest BCUT2D eigenvalue weighted by Gasteiger charge is 2.17. The quantitative estimate of drug-likeness (QED) is 0.766. The van der Waals surface area contributed by atoms with Crippen molar-refractivity contribution in [3.63, 3.8) is 0 Å². The van der Waals surface area contributed by atoms with E-state index in [1.54, 1.807) is 6.92 Å². The summed E-state index contributed by atoms with van der Waals surface area (Å²) in [5, 5.41) is 8.85. The predicted octanol–water partition coefficient (Wildman–Crippen LogP) is 3.09. The Balaban J connectivity index is 2.74. The monoisotopic (exact) mass is 367 g/mol. The molecule has 16 heavy (non-hydrogen) atoms. The summed E-state index contributed by atoms with van der Waals surface area (Å²) in [5.41, 5.74) is 0. The van der Waals surface area contributed by atoms with Gasteiger partial charge < -0.3 is 9.47 Å². The van der Waals surface area contributed by atoms with Gasteiger partial charge in [-0.2, -0.15) is 5.26 Å². The van der Waals surface area contributed by atoms with Crippen LogP contribution in [0.25, 0.3) is 0 Å². The van der Waals surface area contributed by atoms with E-state index in [1.807, 2.05) is 6.07 Å². The van der Waals surface area contributed by atoms with E-state index < -0.39 is 5.97 Å². The van der Waals surface area contributed by atoms with Crippen LogP contribution < -0.4 is 4.74 Å². The fourth-order valence-electron chi connectivity index (χ4n) is 0.906. The Morgan fingerprint density at radius 1 is 1.56 bits per heavy atom. The number of rotatable bonds is 4. The van der Waals surface area contributed by atoms with Crippen LogP contribution >= 0.6 is 43.2 Å². The van der Waals surface area contributed by atoms with E-state index >= 15 is 0 Å². The lowest BCUT2D eigenvalue weighted by Crippen LogP contribution is -2.14. The summed E-state index contributed by atoms with van der Waals surface area (Å²) >= 11 is 7.77. The van der Waals surface area contributed by atoms with Gasteiger partial charge in [0, 0.05) is 0 Å². The van der Waals surface area contributed by atoms with Crippen LogP contribution in [-0.4, -0.2) is 19.2 Å². The molecular weight excluding hydrogens is 362 g/mol. The van der Waals surface area contributed by atoms with E-state index in [9.17, 15) is 4.79 Å². The molecule has 0 bridgehead atoms. The molecule has 0 aliphatic carbocycles. The van der Waals surface area contributed by atoms with Gasteiger partial charge in [0.2, 0.25) is 0 Å². The first kappa shape index (κ1) is 13.5. The zero-order chi connectivity index (χ0) is 12.1. The van der Waals surface area contributed by atoms with Crippen molar-refractivity contribution in [3.8, 4) is 11.8 Å². The average molecular weight is 369 g/mol. The summed E-state index contributed by atoms with van der Waals surface area (Å²) in [7, 11) is 0. The number of nitrogens with zero attached hydrogens (tertiary/aromatic N) is 1. The van der Waals surface area contributed by atoms with Crippen LogP contribution in [0.3, 0.4) is 0 Å². The van der Waals surface area contributed by atoms with Crippen LogP contribution in [0.5, 0.6) is 5.75 Å². The van der Waals surface area contributed by atoms with E-state index in [-0.39, 0.29) is 6.61 Å². The van der Waals surface area contributed by atoms with Crippen LogP contribution in [-0.2, 0) is 9.53 Å². The van der Waals surface area contributed by atoms with Gasteiger partial charge in [0.15, 0.2) is 12.4 Å². The molecule has 4 nitrogen and oxygen atoms in total. The molecule has 1 rings (SSSR count). The summed E-state index contributed by atoms with van der Waals surface area (Å²) in [5.74, 6) is -0.0898. The molecule has 0 radical (unpaired) electrons. The Morgan fingerprint density at radius 3 is 2.81 bits per heavy atom. The van der Waals surface area contributed by atoms with Crippen LogP contribution in [0.1, 0.15) is 11.8 Å². The number of ether oxygens (including phenoxy) is 2. The molecule has 0 saturated carbocycles. The molecule has 0 aliphatic rings. The Hall–Kier alpha value is -0.580. The SMILES string of the molecule is CCOC(=O)COc1c(C#N)sc(Br)c1Br. The zero-order valence-electron chi connectivity index (χ0n) is 8.25. The zero-order valence-corrected chi connectivity index (χ0v) is 12.2. The standard InChI is InChI=1S/C9H7Br2NO3S/c1-2-14-6(13)4-15-8-5(3-12)16-9(11)7(8)10/h2,4H2,1H3. The summed E-state index contributed by atoms with van der Waals surface area (Å²) < 4.78 is 11.3. The van der Waals surface area contributed by atoms with Gasteiger partial charge in [0.25, 0.3) is 0 Å². The minimum atomic E-state index is -0.458. The molecule has 0 atom stereocenters. The largest absolute Gasteiger partial charge is 0.478 e. The van der Waals surface area contributed by atoms with Crippen molar-refractivity contribution in [2.24, 2.45) is 0 Å². The van der Waals surface area contributed by atoms with E-state index in [0.29, 0.717) is 21.7 Å². The number of nitriles is 1. The van der Waals surface area contributed by atoms with Gasteiger partial charge in [-0.3, -0.25) is 0 Å². The smallest absolute Gasteiger partial charge is 0.344 e. The Kier molecular flexibility index (Phi) is 5.25. The van der Waals surface area contributed by atoms with Crippen molar-refractivity contribution < 1.29 is 14.3 Å². The lowest BCUT2D eigenvalue weighted by atomic mass is 10.4. The molecule has 0 N–H and O–H groups in total. The Bertz CT molecular complexity index is 439. The van der Waals surface area contributed by atoms with Crippen molar-refractivity contribution in [3.05, 3.63) is 13.1 Å². The number of carbonyl (C=O) groups is 1. The number of esters is 1. The number of hydrogen-bond donors (Lipinski definition) is 0.